The van der Waals surface area contributed by atoms with Gasteiger partial charge in [-0.2, -0.15) is 0 Å². The number of carbonyl (C=O) groups excluding carboxylic acids is 2. The Morgan fingerprint density at radius 1 is 1.43 bits per heavy atom. The van der Waals surface area contributed by atoms with E-state index in [-0.39, 0.29) is 25.7 Å². The molecule has 2 amide bonds. The molecule has 14 heavy (non-hydrogen) atoms. The van der Waals surface area contributed by atoms with E-state index in [1.807, 2.05) is 0 Å². The predicted molar refractivity (Wildman–Crippen MR) is 49.0 cm³/mol. The van der Waals surface area contributed by atoms with Crippen LogP contribution in [0.1, 0.15) is 6.92 Å². The summed E-state index contributed by atoms with van der Waals surface area (Å²) in [6.07, 6.45) is 0. The zero-order valence-corrected chi connectivity index (χ0v) is 8.08. The van der Waals surface area contributed by atoms with Crippen LogP contribution in [0.3, 0.4) is 0 Å². The standard InChI is InChI=1S/C8H15N2O4/c1-6(7(9)12)8(13)10-2-4-14-5-3-11/h11H,2-5H2,1H3,(H2,9,12)(H,10,13). The van der Waals surface area contributed by atoms with Crippen molar-refractivity contribution in [2.45, 2.75) is 6.92 Å². The summed E-state index contributed by atoms with van der Waals surface area (Å²) in [4.78, 5) is 21.6. The highest BCUT2D eigenvalue weighted by Crippen LogP contribution is 1.94. The van der Waals surface area contributed by atoms with Crippen LogP contribution in [-0.2, 0) is 14.3 Å². The Morgan fingerprint density at radius 3 is 2.57 bits per heavy atom. The fraction of sp³-hybridized carbons (Fsp3) is 0.625. The van der Waals surface area contributed by atoms with E-state index < -0.39 is 11.8 Å². The van der Waals surface area contributed by atoms with E-state index in [2.05, 4.69) is 5.32 Å². The number of primary amides is 1. The molecule has 0 aromatic carbocycles. The molecule has 0 atom stereocenters. The monoisotopic (exact) mass is 203 g/mol. The minimum Gasteiger partial charge on any atom is -0.394 e. The number of nitrogens with one attached hydrogen (secondary N) is 1. The van der Waals surface area contributed by atoms with Crippen molar-refractivity contribution in [2.75, 3.05) is 26.4 Å². The van der Waals surface area contributed by atoms with Crippen LogP contribution in [0.2, 0.25) is 0 Å². The third-order valence-electron chi connectivity index (χ3n) is 1.48. The molecule has 1 radical (unpaired) electrons. The van der Waals surface area contributed by atoms with Gasteiger partial charge in [-0.15, -0.1) is 0 Å². The Balaban J connectivity index is 3.49. The quantitative estimate of drug-likeness (QED) is 0.335. The van der Waals surface area contributed by atoms with Gasteiger partial charge in [-0.3, -0.25) is 9.59 Å². The van der Waals surface area contributed by atoms with Gasteiger partial charge < -0.3 is 20.9 Å². The van der Waals surface area contributed by atoms with Gasteiger partial charge in [-0.1, -0.05) is 0 Å². The first-order valence-electron chi connectivity index (χ1n) is 4.19. The minimum absolute atomic E-state index is 0.0350. The number of ether oxygens (including phenoxy) is 1. The molecule has 0 fully saturated rings. The lowest BCUT2D eigenvalue weighted by molar-refractivity contribution is -0.125. The van der Waals surface area contributed by atoms with E-state index >= 15 is 0 Å². The van der Waals surface area contributed by atoms with Gasteiger partial charge in [0.15, 0.2) is 0 Å². The van der Waals surface area contributed by atoms with Crippen molar-refractivity contribution < 1.29 is 19.4 Å². The lowest BCUT2D eigenvalue weighted by Crippen LogP contribution is -2.37. The van der Waals surface area contributed by atoms with Crippen LogP contribution in [0.4, 0.5) is 0 Å². The molecule has 0 aliphatic rings. The van der Waals surface area contributed by atoms with Crippen molar-refractivity contribution in [1.82, 2.24) is 5.32 Å². The number of hydrogen-bond donors (Lipinski definition) is 3. The van der Waals surface area contributed by atoms with Crippen molar-refractivity contribution in [1.29, 1.82) is 0 Å². The zero-order valence-electron chi connectivity index (χ0n) is 8.08. The molecule has 4 N–H and O–H groups in total. The van der Waals surface area contributed by atoms with Gasteiger partial charge in [-0.25, -0.2) is 0 Å². The summed E-state index contributed by atoms with van der Waals surface area (Å²) >= 11 is 0. The highest BCUT2D eigenvalue weighted by molar-refractivity contribution is 6.13. The minimum atomic E-state index is -0.737. The SMILES string of the molecule is C[C](C(N)=O)C(=O)NCCOCCO. The van der Waals surface area contributed by atoms with Crippen LogP contribution in [0.25, 0.3) is 0 Å². The van der Waals surface area contributed by atoms with Crippen LogP contribution < -0.4 is 11.1 Å². The van der Waals surface area contributed by atoms with E-state index in [9.17, 15) is 9.59 Å². The number of hydrogen-bond acceptors (Lipinski definition) is 4. The van der Waals surface area contributed by atoms with Gasteiger partial charge in [0, 0.05) is 6.54 Å². The van der Waals surface area contributed by atoms with Gasteiger partial charge in [0.25, 0.3) is 0 Å². The lowest BCUT2D eigenvalue weighted by atomic mass is 10.1. The molecule has 0 bridgehead atoms. The van der Waals surface area contributed by atoms with Crippen molar-refractivity contribution in [3.8, 4) is 0 Å². The van der Waals surface area contributed by atoms with Crippen molar-refractivity contribution in [3.05, 3.63) is 5.92 Å². The fourth-order valence-electron chi connectivity index (χ4n) is 0.648. The van der Waals surface area contributed by atoms with Gasteiger partial charge in [0.2, 0.25) is 11.8 Å². The van der Waals surface area contributed by atoms with Gasteiger partial charge in [0.05, 0.1) is 19.8 Å². The highest BCUT2D eigenvalue weighted by Gasteiger charge is 2.18. The van der Waals surface area contributed by atoms with E-state index in [1.54, 1.807) is 0 Å². The molecule has 6 nitrogen and oxygen atoms in total. The Kier molecular flexibility index (Phi) is 6.69. The number of aliphatic hydroxyl groups excluding tert-OH is 1. The number of rotatable bonds is 7. The van der Waals surface area contributed by atoms with Crippen molar-refractivity contribution in [2.24, 2.45) is 5.73 Å². The molecule has 0 heterocycles. The average Bonchev–Trinajstić information content (AvgIpc) is 2.16. The normalized spacial score (nSPS) is 10.2. The van der Waals surface area contributed by atoms with Crippen LogP contribution in [0.5, 0.6) is 0 Å². The van der Waals surface area contributed by atoms with E-state index in [0.29, 0.717) is 6.61 Å². The van der Waals surface area contributed by atoms with Crippen molar-refractivity contribution in [3.63, 3.8) is 0 Å². The second-order valence-electron chi connectivity index (χ2n) is 2.58. The molecule has 0 unspecified atom stereocenters. The maximum Gasteiger partial charge on any atom is 0.237 e. The van der Waals surface area contributed by atoms with E-state index in [1.165, 1.54) is 6.92 Å². The summed E-state index contributed by atoms with van der Waals surface area (Å²) < 4.78 is 4.88. The summed E-state index contributed by atoms with van der Waals surface area (Å²) in [7, 11) is 0. The molecule has 0 saturated carbocycles. The summed E-state index contributed by atoms with van der Waals surface area (Å²) in [5.74, 6) is -1.27. The highest BCUT2D eigenvalue weighted by atomic mass is 16.5. The predicted octanol–water partition coefficient (Wildman–Crippen LogP) is -1.81. The van der Waals surface area contributed by atoms with Crippen molar-refractivity contribution >= 4 is 11.8 Å². The molecular formula is C8H15N2O4. The van der Waals surface area contributed by atoms with E-state index in [0.717, 1.165) is 0 Å². The lowest BCUT2D eigenvalue weighted by Gasteiger charge is -2.07. The fourth-order valence-corrected chi connectivity index (χ4v) is 0.648. The first kappa shape index (κ1) is 12.9. The molecule has 6 heteroatoms. The maximum atomic E-state index is 11.1. The molecular weight excluding hydrogens is 188 g/mol. The zero-order chi connectivity index (χ0) is 11.0. The molecule has 0 rings (SSSR count). The first-order chi connectivity index (χ1) is 6.59. The summed E-state index contributed by atoms with van der Waals surface area (Å²) in [6.45, 7) is 2.10. The number of amides is 2. The largest absolute Gasteiger partial charge is 0.394 e. The van der Waals surface area contributed by atoms with E-state index in [4.69, 9.17) is 15.6 Å². The number of carbonyl (C=O) groups is 2. The van der Waals surface area contributed by atoms with Gasteiger partial charge >= 0.3 is 0 Å². The summed E-state index contributed by atoms with van der Waals surface area (Å²) in [5, 5.41) is 10.8. The molecule has 0 aliphatic carbocycles. The summed E-state index contributed by atoms with van der Waals surface area (Å²) in [5.41, 5.74) is 4.89. The van der Waals surface area contributed by atoms with Crippen LogP contribution >= 0.6 is 0 Å². The van der Waals surface area contributed by atoms with Gasteiger partial charge in [0.1, 0.15) is 5.92 Å². The molecule has 0 aromatic rings. The first-order valence-corrected chi connectivity index (χ1v) is 4.19. The third-order valence-corrected chi connectivity index (χ3v) is 1.48. The van der Waals surface area contributed by atoms with Crippen LogP contribution in [0, 0.1) is 5.92 Å². The second-order valence-corrected chi connectivity index (χ2v) is 2.58. The Hall–Kier alpha value is -1.14. The van der Waals surface area contributed by atoms with Crippen LogP contribution in [0.15, 0.2) is 0 Å². The topological polar surface area (TPSA) is 102 Å². The second kappa shape index (κ2) is 7.28. The molecule has 0 aliphatic heterocycles. The number of aliphatic hydroxyl groups is 1. The molecule has 81 valence electrons. The third kappa shape index (κ3) is 5.50. The molecule has 0 spiro atoms. The maximum absolute atomic E-state index is 11.1. The molecule has 0 saturated heterocycles. The Labute approximate surface area is 82.4 Å². The Bertz CT molecular complexity index is 196. The number of nitrogens with two attached hydrogens (primary N) is 1. The van der Waals surface area contributed by atoms with Crippen LogP contribution in [-0.4, -0.2) is 43.3 Å². The average molecular weight is 203 g/mol. The molecule has 0 aromatic heterocycles. The van der Waals surface area contributed by atoms with Gasteiger partial charge in [-0.05, 0) is 6.92 Å². The summed E-state index contributed by atoms with van der Waals surface area (Å²) in [6, 6.07) is 0. The Morgan fingerprint density at radius 2 is 2.07 bits per heavy atom. The smallest absolute Gasteiger partial charge is 0.237 e.